The van der Waals surface area contributed by atoms with Crippen LogP contribution in [0.25, 0.3) is 0 Å². The summed E-state index contributed by atoms with van der Waals surface area (Å²) in [6.07, 6.45) is 10.2. The molecule has 0 amide bonds. The van der Waals surface area contributed by atoms with Crippen LogP contribution in [-0.2, 0) is 0 Å². The number of hydrogen-bond donors (Lipinski definition) is 1. The predicted molar refractivity (Wildman–Crippen MR) is 78.7 cm³/mol. The first-order valence-corrected chi connectivity index (χ1v) is 8.76. The van der Waals surface area contributed by atoms with E-state index in [9.17, 15) is 0 Å². The zero-order chi connectivity index (χ0) is 12.1. The molecular formula is C15H29NS. The Morgan fingerprint density at radius 2 is 1.94 bits per heavy atom. The average Bonchev–Trinajstić information content (AvgIpc) is 2.89. The molecule has 2 fully saturated rings. The summed E-state index contributed by atoms with van der Waals surface area (Å²) in [6.45, 7) is 5.82. The minimum absolute atomic E-state index is 0.803. The van der Waals surface area contributed by atoms with Crippen molar-refractivity contribution in [3.63, 3.8) is 0 Å². The van der Waals surface area contributed by atoms with Gasteiger partial charge >= 0.3 is 0 Å². The van der Waals surface area contributed by atoms with Gasteiger partial charge in [-0.3, -0.25) is 0 Å². The van der Waals surface area contributed by atoms with Crippen molar-refractivity contribution < 1.29 is 0 Å². The summed E-state index contributed by atoms with van der Waals surface area (Å²) in [5.41, 5.74) is 0. The molecule has 0 aromatic rings. The van der Waals surface area contributed by atoms with Gasteiger partial charge in [0.25, 0.3) is 0 Å². The van der Waals surface area contributed by atoms with Crippen molar-refractivity contribution in [3.8, 4) is 0 Å². The van der Waals surface area contributed by atoms with Gasteiger partial charge < -0.3 is 5.32 Å². The zero-order valence-corrected chi connectivity index (χ0v) is 12.4. The Hall–Kier alpha value is 0.310. The van der Waals surface area contributed by atoms with Crippen molar-refractivity contribution in [1.29, 1.82) is 0 Å². The van der Waals surface area contributed by atoms with E-state index in [1.807, 2.05) is 0 Å². The van der Waals surface area contributed by atoms with Gasteiger partial charge in [-0.2, -0.15) is 11.8 Å². The molecule has 0 spiro atoms. The van der Waals surface area contributed by atoms with Crippen molar-refractivity contribution in [2.75, 3.05) is 12.3 Å². The highest BCUT2D eigenvalue weighted by Gasteiger charge is 2.36. The summed E-state index contributed by atoms with van der Waals surface area (Å²) in [5.74, 6) is 3.36. The summed E-state index contributed by atoms with van der Waals surface area (Å²) in [5, 5.41) is 4.75. The standard InChI is InChI=1S/C15H29NS/c1-3-12-8-5-6-9-13(12)15(16-4-2)14-10-7-11-17-14/h12-16H,3-11H2,1-2H3. The maximum atomic E-state index is 3.84. The van der Waals surface area contributed by atoms with Crippen LogP contribution in [0, 0.1) is 11.8 Å². The van der Waals surface area contributed by atoms with Gasteiger partial charge in [-0.25, -0.2) is 0 Å². The highest BCUT2D eigenvalue weighted by atomic mass is 32.2. The van der Waals surface area contributed by atoms with Crippen LogP contribution in [0.3, 0.4) is 0 Å². The van der Waals surface area contributed by atoms with Crippen LogP contribution in [0.1, 0.15) is 58.8 Å². The lowest BCUT2D eigenvalue weighted by Crippen LogP contribution is -2.46. The molecule has 2 aliphatic rings. The number of nitrogens with one attached hydrogen (secondary N) is 1. The molecule has 4 atom stereocenters. The van der Waals surface area contributed by atoms with Crippen molar-refractivity contribution in [2.24, 2.45) is 11.8 Å². The van der Waals surface area contributed by atoms with E-state index in [0.29, 0.717) is 0 Å². The van der Waals surface area contributed by atoms with Gasteiger partial charge in [0.15, 0.2) is 0 Å². The summed E-state index contributed by atoms with van der Waals surface area (Å²) in [6, 6.07) is 0.803. The van der Waals surface area contributed by atoms with E-state index < -0.39 is 0 Å². The lowest BCUT2D eigenvalue weighted by molar-refractivity contribution is 0.173. The third-order valence-electron chi connectivity index (χ3n) is 4.76. The normalized spacial score (nSPS) is 36.0. The van der Waals surface area contributed by atoms with E-state index in [1.54, 1.807) is 0 Å². The zero-order valence-electron chi connectivity index (χ0n) is 11.6. The van der Waals surface area contributed by atoms with Crippen molar-refractivity contribution in [1.82, 2.24) is 5.32 Å². The molecule has 1 saturated carbocycles. The highest BCUT2D eigenvalue weighted by molar-refractivity contribution is 8.00. The minimum atomic E-state index is 0.803. The fraction of sp³-hybridized carbons (Fsp3) is 1.00. The molecular weight excluding hydrogens is 226 g/mol. The average molecular weight is 255 g/mol. The summed E-state index contributed by atoms with van der Waals surface area (Å²) >= 11 is 2.23. The molecule has 4 unspecified atom stereocenters. The molecule has 100 valence electrons. The maximum absolute atomic E-state index is 3.84. The third kappa shape index (κ3) is 3.41. The van der Waals surface area contributed by atoms with Crippen LogP contribution in [0.5, 0.6) is 0 Å². The van der Waals surface area contributed by atoms with Gasteiger partial charge in [0.05, 0.1) is 0 Å². The molecule has 1 aliphatic heterocycles. The molecule has 0 bridgehead atoms. The second-order valence-corrected chi connectivity index (χ2v) is 7.10. The van der Waals surface area contributed by atoms with Crippen molar-refractivity contribution in [3.05, 3.63) is 0 Å². The molecule has 1 saturated heterocycles. The van der Waals surface area contributed by atoms with E-state index in [0.717, 1.165) is 29.7 Å². The number of rotatable bonds is 5. The van der Waals surface area contributed by atoms with Gasteiger partial charge in [-0.15, -0.1) is 0 Å². The summed E-state index contributed by atoms with van der Waals surface area (Å²) in [7, 11) is 0. The highest BCUT2D eigenvalue weighted by Crippen LogP contribution is 2.40. The number of thioether (sulfide) groups is 1. The lowest BCUT2D eigenvalue weighted by atomic mass is 9.73. The Morgan fingerprint density at radius 3 is 2.59 bits per heavy atom. The Kier molecular flexibility index (Phi) is 5.68. The molecule has 0 aromatic heterocycles. The second-order valence-electron chi connectivity index (χ2n) is 5.75. The monoisotopic (exact) mass is 255 g/mol. The molecule has 1 nitrogen and oxygen atoms in total. The fourth-order valence-electron chi connectivity index (χ4n) is 3.90. The lowest BCUT2D eigenvalue weighted by Gasteiger charge is -2.40. The topological polar surface area (TPSA) is 12.0 Å². The van der Waals surface area contributed by atoms with E-state index in [1.165, 1.54) is 50.7 Å². The van der Waals surface area contributed by atoms with E-state index >= 15 is 0 Å². The Labute approximate surface area is 112 Å². The molecule has 1 aliphatic carbocycles. The minimum Gasteiger partial charge on any atom is -0.313 e. The first kappa shape index (κ1) is 13.7. The molecule has 0 radical (unpaired) electrons. The number of hydrogen-bond acceptors (Lipinski definition) is 2. The van der Waals surface area contributed by atoms with Crippen LogP contribution >= 0.6 is 11.8 Å². The largest absolute Gasteiger partial charge is 0.313 e. The fourth-order valence-corrected chi connectivity index (χ4v) is 5.37. The Bertz CT molecular complexity index is 213. The Balaban J connectivity index is 2.01. The SMILES string of the molecule is CCNC(C1CCCS1)C1CCCCC1CC. The van der Waals surface area contributed by atoms with Crippen molar-refractivity contribution in [2.45, 2.75) is 70.1 Å². The van der Waals surface area contributed by atoms with Gasteiger partial charge in [-0.05, 0) is 43.4 Å². The summed E-state index contributed by atoms with van der Waals surface area (Å²) in [4.78, 5) is 0. The predicted octanol–water partition coefficient (Wildman–Crippen LogP) is 4.08. The smallest absolute Gasteiger partial charge is 0.0217 e. The van der Waals surface area contributed by atoms with E-state index in [4.69, 9.17) is 0 Å². The van der Waals surface area contributed by atoms with Gasteiger partial charge in [0, 0.05) is 11.3 Å². The molecule has 17 heavy (non-hydrogen) atoms. The van der Waals surface area contributed by atoms with Crippen LogP contribution in [0.15, 0.2) is 0 Å². The maximum Gasteiger partial charge on any atom is 0.0217 e. The van der Waals surface area contributed by atoms with Gasteiger partial charge in [0.1, 0.15) is 0 Å². The Morgan fingerprint density at radius 1 is 1.12 bits per heavy atom. The van der Waals surface area contributed by atoms with Crippen LogP contribution in [0.2, 0.25) is 0 Å². The molecule has 0 aromatic carbocycles. The molecule has 2 heteroatoms. The second kappa shape index (κ2) is 7.04. The van der Waals surface area contributed by atoms with Crippen LogP contribution < -0.4 is 5.32 Å². The van der Waals surface area contributed by atoms with E-state index in [-0.39, 0.29) is 0 Å². The quantitative estimate of drug-likeness (QED) is 0.794. The first-order chi connectivity index (χ1) is 8.36. The third-order valence-corrected chi connectivity index (χ3v) is 6.24. The van der Waals surface area contributed by atoms with E-state index in [2.05, 4.69) is 30.9 Å². The molecule has 1 heterocycles. The van der Waals surface area contributed by atoms with Gasteiger partial charge in [0.2, 0.25) is 0 Å². The first-order valence-electron chi connectivity index (χ1n) is 7.71. The molecule has 1 N–H and O–H groups in total. The van der Waals surface area contributed by atoms with Crippen LogP contribution in [0.4, 0.5) is 0 Å². The van der Waals surface area contributed by atoms with Crippen molar-refractivity contribution >= 4 is 11.8 Å². The molecule has 2 rings (SSSR count). The summed E-state index contributed by atoms with van der Waals surface area (Å²) < 4.78 is 0. The van der Waals surface area contributed by atoms with Gasteiger partial charge in [-0.1, -0.05) is 39.5 Å². The van der Waals surface area contributed by atoms with Crippen LogP contribution in [-0.4, -0.2) is 23.6 Å².